The van der Waals surface area contributed by atoms with Crippen molar-refractivity contribution in [1.82, 2.24) is 9.78 Å². The van der Waals surface area contributed by atoms with Crippen LogP contribution < -0.4 is 0 Å². The van der Waals surface area contributed by atoms with E-state index >= 15 is 0 Å². The van der Waals surface area contributed by atoms with Crippen LogP contribution in [0, 0.1) is 6.92 Å². The van der Waals surface area contributed by atoms with Gasteiger partial charge in [0.05, 0.1) is 11.8 Å². The molecule has 1 atom stereocenters. The quantitative estimate of drug-likeness (QED) is 0.878. The number of aliphatic hydroxyl groups is 1. The molecule has 0 spiro atoms. The third-order valence-corrected chi connectivity index (χ3v) is 3.08. The molecular formula is C15H20N2O. The highest BCUT2D eigenvalue weighted by atomic mass is 16.3. The molecule has 1 unspecified atom stereocenters. The molecule has 0 saturated carbocycles. The van der Waals surface area contributed by atoms with E-state index in [0.717, 1.165) is 24.2 Å². The highest BCUT2D eigenvalue weighted by molar-refractivity contribution is 5.23. The van der Waals surface area contributed by atoms with Gasteiger partial charge >= 0.3 is 0 Å². The summed E-state index contributed by atoms with van der Waals surface area (Å²) in [6.07, 6.45) is 2.92. The first-order valence-corrected chi connectivity index (χ1v) is 6.46. The molecule has 1 aromatic carbocycles. The minimum atomic E-state index is -0.484. The van der Waals surface area contributed by atoms with Crippen LogP contribution in [0.4, 0.5) is 0 Å². The zero-order valence-corrected chi connectivity index (χ0v) is 11.0. The molecule has 18 heavy (non-hydrogen) atoms. The second-order valence-corrected chi connectivity index (χ2v) is 4.68. The largest absolute Gasteiger partial charge is 0.386 e. The Morgan fingerprint density at radius 1 is 1.22 bits per heavy atom. The molecule has 1 heterocycles. The summed E-state index contributed by atoms with van der Waals surface area (Å²) in [5.74, 6) is 0. The summed E-state index contributed by atoms with van der Waals surface area (Å²) in [4.78, 5) is 0. The molecule has 0 aliphatic rings. The maximum Gasteiger partial charge on any atom is 0.0996 e. The van der Waals surface area contributed by atoms with E-state index in [4.69, 9.17) is 0 Å². The Morgan fingerprint density at radius 2 is 1.94 bits per heavy atom. The molecule has 96 valence electrons. The minimum absolute atomic E-state index is 0.484. The monoisotopic (exact) mass is 244 g/mol. The highest BCUT2D eigenvalue weighted by Gasteiger charge is 2.13. The molecular weight excluding hydrogens is 224 g/mol. The van der Waals surface area contributed by atoms with E-state index in [1.807, 2.05) is 10.7 Å². The van der Waals surface area contributed by atoms with Crippen molar-refractivity contribution in [2.45, 2.75) is 39.3 Å². The zero-order valence-electron chi connectivity index (χ0n) is 11.0. The topological polar surface area (TPSA) is 38.0 Å². The van der Waals surface area contributed by atoms with Gasteiger partial charge in [-0.05, 0) is 25.0 Å². The van der Waals surface area contributed by atoms with Gasteiger partial charge in [-0.2, -0.15) is 5.10 Å². The number of nitrogens with zero attached hydrogens (tertiary/aromatic N) is 2. The Morgan fingerprint density at radius 3 is 2.61 bits per heavy atom. The zero-order chi connectivity index (χ0) is 13.0. The van der Waals surface area contributed by atoms with Gasteiger partial charge in [0.15, 0.2) is 0 Å². The normalized spacial score (nSPS) is 12.6. The van der Waals surface area contributed by atoms with Crippen LogP contribution in [0.25, 0.3) is 0 Å². The lowest BCUT2D eigenvalue weighted by Crippen LogP contribution is -2.11. The number of benzene rings is 1. The lowest BCUT2D eigenvalue weighted by molar-refractivity contribution is 0.166. The van der Waals surface area contributed by atoms with E-state index in [1.54, 1.807) is 6.20 Å². The first kappa shape index (κ1) is 12.8. The first-order valence-electron chi connectivity index (χ1n) is 6.46. The summed E-state index contributed by atoms with van der Waals surface area (Å²) < 4.78 is 1.89. The predicted octanol–water partition coefficient (Wildman–Crippen LogP) is 2.88. The first-order chi connectivity index (χ1) is 8.70. The Kier molecular flexibility index (Phi) is 4.15. The van der Waals surface area contributed by atoms with E-state index in [1.165, 1.54) is 5.56 Å². The van der Waals surface area contributed by atoms with Crippen LogP contribution in [-0.2, 0) is 13.0 Å². The molecule has 0 saturated heterocycles. The molecule has 2 aromatic rings. The van der Waals surface area contributed by atoms with Gasteiger partial charge in [0.1, 0.15) is 0 Å². The van der Waals surface area contributed by atoms with Gasteiger partial charge in [0.2, 0.25) is 0 Å². The van der Waals surface area contributed by atoms with Crippen molar-refractivity contribution in [3.05, 3.63) is 53.3 Å². The molecule has 0 aliphatic carbocycles. The Balaban J connectivity index is 2.09. The van der Waals surface area contributed by atoms with Crippen LogP contribution in [-0.4, -0.2) is 14.9 Å². The van der Waals surface area contributed by atoms with E-state index in [-0.39, 0.29) is 0 Å². The Labute approximate surface area is 108 Å². The van der Waals surface area contributed by atoms with E-state index in [2.05, 4.69) is 43.2 Å². The van der Waals surface area contributed by atoms with Gasteiger partial charge in [0.25, 0.3) is 0 Å². The van der Waals surface area contributed by atoms with Crippen molar-refractivity contribution < 1.29 is 5.11 Å². The maximum absolute atomic E-state index is 10.3. The molecule has 0 amide bonds. The van der Waals surface area contributed by atoms with Gasteiger partial charge in [0, 0.05) is 19.2 Å². The van der Waals surface area contributed by atoms with Crippen LogP contribution in [0.3, 0.4) is 0 Å². The highest BCUT2D eigenvalue weighted by Crippen LogP contribution is 2.18. The number of aryl methyl sites for hydroxylation is 2. The summed E-state index contributed by atoms with van der Waals surface area (Å²) in [6, 6.07) is 10.2. The van der Waals surface area contributed by atoms with E-state index in [9.17, 15) is 5.11 Å². The fourth-order valence-corrected chi connectivity index (χ4v) is 2.08. The average Bonchev–Trinajstić information content (AvgIpc) is 2.81. The van der Waals surface area contributed by atoms with Crippen molar-refractivity contribution in [1.29, 1.82) is 0 Å². The molecule has 3 nitrogen and oxygen atoms in total. The Bertz CT molecular complexity index is 487. The molecule has 3 heteroatoms. The van der Waals surface area contributed by atoms with E-state index < -0.39 is 6.10 Å². The van der Waals surface area contributed by atoms with Crippen molar-refractivity contribution in [3.63, 3.8) is 0 Å². The fourth-order valence-electron chi connectivity index (χ4n) is 2.08. The number of aromatic nitrogens is 2. The fraction of sp³-hybridized carbons (Fsp3) is 0.400. The SMILES string of the molecule is CCCn1nccc1C(O)Cc1ccc(C)cc1. The van der Waals surface area contributed by atoms with Crippen LogP contribution >= 0.6 is 0 Å². The molecule has 0 fully saturated rings. The third kappa shape index (κ3) is 2.99. The molecule has 0 aliphatic heterocycles. The van der Waals surface area contributed by atoms with Crippen molar-refractivity contribution in [2.24, 2.45) is 0 Å². The lowest BCUT2D eigenvalue weighted by Gasteiger charge is -2.13. The second kappa shape index (κ2) is 5.83. The summed E-state index contributed by atoms with van der Waals surface area (Å²) >= 11 is 0. The molecule has 0 bridgehead atoms. The summed E-state index contributed by atoms with van der Waals surface area (Å²) in [6.45, 7) is 5.03. The molecule has 0 radical (unpaired) electrons. The van der Waals surface area contributed by atoms with Crippen molar-refractivity contribution >= 4 is 0 Å². The third-order valence-electron chi connectivity index (χ3n) is 3.08. The van der Waals surface area contributed by atoms with Crippen LogP contribution in [0.5, 0.6) is 0 Å². The minimum Gasteiger partial charge on any atom is -0.386 e. The Hall–Kier alpha value is -1.61. The average molecular weight is 244 g/mol. The maximum atomic E-state index is 10.3. The molecule has 1 aromatic heterocycles. The van der Waals surface area contributed by atoms with Crippen molar-refractivity contribution in [3.8, 4) is 0 Å². The van der Waals surface area contributed by atoms with Gasteiger partial charge in [-0.25, -0.2) is 0 Å². The van der Waals surface area contributed by atoms with Gasteiger partial charge in [-0.1, -0.05) is 36.8 Å². The molecule has 1 N–H and O–H groups in total. The standard InChI is InChI=1S/C15H20N2O/c1-3-10-17-14(8-9-16-17)15(18)11-13-6-4-12(2)5-7-13/h4-9,15,18H,3,10-11H2,1-2H3. The number of hydrogen-bond donors (Lipinski definition) is 1. The number of hydrogen-bond acceptors (Lipinski definition) is 2. The second-order valence-electron chi connectivity index (χ2n) is 4.68. The lowest BCUT2D eigenvalue weighted by atomic mass is 10.0. The van der Waals surface area contributed by atoms with Crippen molar-refractivity contribution in [2.75, 3.05) is 0 Å². The summed E-state index contributed by atoms with van der Waals surface area (Å²) in [5, 5.41) is 14.5. The molecule has 2 rings (SSSR count). The van der Waals surface area contributed by atoms with Gasteiger partial charge < -0.3 is 5.11 Å². The smallest absolute Gasteiger partial charge is 0.0996 e. The van der Waals surface area contributed by atoms with Gasteiger partial charge in [-0.3, -0.25) is 4.68 Å². The van der Waals surface area contributed by atoms with E-state index in [0.29, 0.717) is 6.42 Å². The number of aliphatic hydroxyl groups excluding tert-OH is 1. The van der Waals surface area contributed by atoms with Crippen LogP contribution in [0.1, 0.15) is 36.3 Å². The number of rotatable bonds is 5. The summed E-state index contributed by atoms with van der Waals surface area (Å²) in [5.41, 5.74) is 3.29. The van der Waals surface area contributed by atoms with Gasteiger partial charge in [-0.15, -0.1) is 0 Å². The van der Waals surface area contributed by atoms with Crippen LogP contribution in [0.2, 0.25) is 0 Å². The van der Waals surface area contributed by atoms with Crippen LogP contribution in [0.15, 0.2) is 36.5 Å². The predicted molar refractivity (Wildman–Crippen MR) is 72.4 cm³/mol. The summed E-state index contributed by atoms with van der Waals surface area (Å²) in [7, 11) is 0.